The van der Waals surface area contributed by atoms with Gasteiger partial charge in [-0.05, 0) is 50.6 Å². The number of nitrogens with one attached hydrogen (secondary N) is 1. The zero-order chi connectivity index (χ0) is 22.1. The minimum Gasteiger partial charge on any atom is -0.326 e. The highest BCUT2D eigenvalue weighted by atomic mass is 35.5. The molecule has 0 bridgehead atoms. The molecule has 0 saturated carbocycles. The van der Waals surface area contributed by atoms with Crippen LogP contribution in [0.15, 0.2) is 53.3 Å². The first-order valence-electron chi connectivity index (χ1n) is 9.93. The van der Waals surface area contributed by atoms with Crippen molar-refractivity contribution in [3.8, 4) is 5.69 Å². The van der Waals surface area contributed by atoms with Gasteiger partial charge >= 0.3 is 0 Å². The summed E-state index contributed by atoms with van der Waals surface area (Å²) >= 11 is 6.01. The van der Waals surface area contributed by atoms with Gasteiger partial charge < -0.3 is 5.32 Å². The third-order valence-corrected chi connectivity index (χ3v) is 5.45. The largest absolute Gasteiger partial charge is 0.326 e. The van der Waals surface area contributed by atoms with Crippen molar-refractivity contribution >= 4 is 34.1 Å². The molecule has 1 N–H and O–H groups in total. The summed E-state index contributed by atoms with van der Waals surface area (Å²) in [5, 5.41) is 13.1. The first-order chi connectivity index (χ1) is 14.8. The van der Waals surface area contributed by atoms with Crippen molar-refractivity contribution in [3.63, 3.8) is 0 Å². The van der Waals surface area contributed by atoms with Crippen LogP contribution in [0.5, 0.6) is 0 Å². The van der Waals surface area contributed by atoms with Gasteiger partial charge in [-0.3, -0.25) is 9.59 Å². The maximum Gasteiger partial charge on any atom is 0.295 e. The van der Waals surface area contributed by atoms with E-state index in [9.17, 15) is 9.59 Å². The third kappa shape index (κ3) is 4.09. The lowest BCUT2D eigenvalue weighted by molar-refractivity contribution is -0.116. The van der Waals surface area contributed by atoms with E-state index in [-0.39, 0.29) is 24.4 Å². The average molecular weight is 436 g/mol. The minimum absolute atomic E-state index is 0.0994. The van der Waals surface area contributed by atoms with Crippen molar-refractivity contribution in [3.05, 3.63) is 80.9 Å². The van der Waals surface area contributed by atoms with E-state index >= 15 is 0 Å². The molecule has 0 aliphatic carbocycles. The summed E-state index contributed by atoms with van der Waals surface area (Å²) in [6, 6.07) is 14.9. The molecule has 0 aliphatic heterocycles. The van der Waals surface area contributed by atoms with Gasteiger partial charge in [0.15, 0.2) is 5.52 Å². The first-order valence-corrected chi connectivity index (χ1v) is 10.3. The van der Waals surface area contributed by atoms with Crippen LogP contribution in [0.1, 0.15) is 23.4 Å². The van der Waals surface area contributed by atoms with Gasteiger partial charge in [0.2, 0.25) is 5.91 Å². The van der Waals surface area contributed by atoms with Crippen molar-refractivity contribution < 1.29 is 4.79 Å². The molecule has 7 nitrogen and oxygen atoms in total. The fourth-order valence-electron chi connectivity index (χ4n) is 3.61. The lowest BCUT2D eigenvalue weighted by atomic mass is 10.2. The van der Waals surface area contributed by atoms with Crippen LogP contribution in [-0.2, 0) is 11.3 Å². The average Bonchev–Trinajstić information content (AvgIpc) is 3.11. The smallest absolute Gasteiger partial charge is 0.295 e. The Labute approximate surface area is 184 Å². The van der Waals surface area contributed by atoms with Gasteiger partial charge in [0.1, 0.15) is 0 Å². The fourth-order valence-corrected chi connectivity index (χ4v) is 3.78. The number of halogens is 1. The second kappa shape index (κ2) is 8.35. The molecule has 0 aliphatic rings. The number of carbonyl (C=O) groups excluding carboxylic acids is 1. The van der Waals surface area contributed by atoms with Crippen molar-refractivity contribution in [1.82, 2.24) is 19.6 Å². The standard InChI is InChI=1S/C23H22ClN5O2/c1-14-9-10-17(24)13-19(14)25-20(30)11-12-28-23(31)22-21(15(2)26-28)16(3)29(27-22)18-7-5-4-6-8-18/h4-10,13H,11-12H2,1-3H3,(H,25,30). The molecule has 0 atom stereocenters. The molecule has 4 rings (SSSR count). The zero-order valence-electron chi connectivity index (χ0n) is 17.5. The molecule has 0 spiro atoms. The van der Waals surface area contributed by atoms with E-state index in [4.69, 9.17) is 11.6 Å². The van der Waals surface area contributed by atoms with Crippen LogP contribution in [0.4, 0.5) is 5.69 Å². The van der Waals surface area contributed by atoms with Crippen LogP contribution in [0, 0.1) is 20.8 Å². The second-order valence-corrected chi connectivity index (χ2v) is 7.86. The highest BCUT2D eigenvalue weighted by Gasteiger charge is 2.18. The van der Waals surface area contributed by atoms with Gasteiger partial charge in [0.25, 0.3) is 5.56 Å². The number of amides is 1. The number of rotatable bonds is 5. The molecular formula is C23H22ClN5O2. The van der Waals surface area contributed by atoms with E-state index in [1.54, 1.807) is 16.8 Å². The predicted molar refractivity (Wildman–Crippen MR) is 122 cm³/mol. The van der Waals surface area contributed by atoms with E-state index in [1.807, 2.05) is 57.2 Å². The van der Waals surface area contributed by atoms with Crippen LogP contribution in [-0.4, -0.2) is 25.5 Å². The summed E-state index contributed by atoms with van der Waals surface area (Å²) in [5.74, 6) is -0.220. The summed E-state index contributed by atoms with van der Waals surface area (Å²) in [5.41, 5.74) is 4.02. The molecular weight excluding hydrogens is 414 g/mol. The molecule has 0 saturated heterocycles. The second-order valence-electron chi connectivity index (χ2n) is 7.43. The Morgan fingerprint density at radius 2 is 1.81 bits per heavy atom. The molecule has 4 aromatic rings. The monoisotopic (exact) mass is 435 g/mol. The van der Waals surface area contributed by atoms with E-state index < -0.39 is 0 Å². The molecule has 0 unspecified atom stereocenters. The zero-order valence-corrected chi connectivity index (χ0v) is 18.3. The summed E-state index contributed by atoms with van der Waals surface area (Å²) in [6.07, 6.45) is 0.0994. The van der Waals surface area contributed by atoms with Crippen LogP contribution in [0.2, 0.25) is 5.02 Å². The van der Waals surface area contributed by atoms with E-state index in [0.29, 0.717) is 21.9 Å². The van der Waals surface area contributed by atoms with Gasteiger partial charge in [-0.15, -0.1) is 0 Å². The first kappa shape index (κ1) is 20.8. The SMILES string of the molecule is Cc1ccc(Cl)cc1NC(=O)CCn1nc(C)c2c(C)n(-c3ccccc3)nc2c1=O. The maximum atomic E-state index is 13.0. The predicted octanol–water partition coefficient (Wildman–Crippen LogP) is 4.19. The Hall–Kier alpha value is -3.45. The molecule has 2 heterocycles. The number of aryl methyl sites for hydroxylation is 4. The number of fused-ring (bicyclic) bond motifs is 1. The number of anilines is 1. The molecule has 0 fully saturated rings. The molecule has 2 aromatic heterocycles. The van der Waals surface area contributed by atoms with Crippen molar-refractivity contribution in [2.45, 2.75) is 33.7 Å². The lowest BCUT2D eigenvalue weighted by Gasteiger charge is -2.10. The quantitative estimate of drug-likeness (QED) is 0.509. The number of hydrogen-bond acceptors (Lipinski definition) is 4. The third-order valence-electron chi connectivity index (χ3n) is 5.21. The van der Waals surface area contributed by atoms with Crippen molar-refractivity contribution in [2.75, 3.05) is 5.32 Å². The fraction of sp³-hybridized carbons (Fsp3) is 0.217. The maximum absolute atomic E-state index is 13.0. The molecule has 1 amide bonds. The van der Waals surface area contributed by atoms with Gasteiger partial charge in [-0.2, -0.15) is 10.2 Å². The molecule has 158 valence electrons. The Kier molecular flexibility index (Phi) is 5.61. The van der Waals surface area contributed by atoms with Crippen LogP contribution < -0.4 is 10.9 Å². The normalized spacial score (nSPS) is 11.1. The summed E-state index contributed by atoms with van der Waals surface area (Å²) < 4.78 is 3.06. The molecule has 2 aromatic carbocycles. The van der Waals surface area contributed by atoms with Crippen LogP contribution in [0.3, 0.4) is 0 Å². The minimum atomic E-state index is -0.315. The van der Waals surface area contributed by atoms with E-state index in [2.05, 4.69) is 15.5 Å². The van der Waals surface area contributed by atoms with Gasteiger partial charge in [0, 0.05) is 17.1 Å². The van der Waals surface area contributed by atoms with Crippen molar-refractivity contribution in [2.24, 2.45) is 0 Å². The summed E-state index contributed by atoms with van der Waals surface area (Å²) in [6.45, 7) is 5.80. The lowest BCUT2D eigenvalue weighted by Crippen LogP contribution is -2.26. The highest BCUT2D eigenvalue weighted by molar-refractivity contribution is 6.31. The number of carbonyl (C=O) groups is 1. The molecule has 31 heavy (non-hydrogen) atoms. The Balaban J connectivity index is 1.60. The van der Waals surface area contributed by atoms with E-state index in [0.717, 1.165) is 22.3 Å². The molecule has 8 heteroatoms. The van der Waals surface area contributed by atoms with Gasteiger partial charge in [-0.1, -0.05) is 35.9 Å². The number of para-hydroxylation sites is 1. The Bertz CT molecular complexity index is 1340. The van der Waals surface area contributed by atoms with E-state index in [1.165, 1.54) is 4.68 Å². The topological polar surface area (TPSA) is 81.8 Å². The number of hydrogen-bond donors (Lipinski definition) is 1. The van der Waals surface area contributed by atoms with Gasteiger partial charge in [0.05, 0.1) is 29.0 Å². The Morgan fingerprint density at radius 3 is 2.55 bits per heavy atom. The highest BCUT2D eigenvalue weighted by Crippen LogP contribution is 2.22. The van der Waals surface area contributed by atoms with Crippen molar-refractivity contribution in [1.29, 1.82) is 0 Å². The van der Waals surface area contributed by atoms with Crippen LogP contribution in [0.25, 0.3) is 16.6 Å². The van der Waals surface area contributed by atoms with Gasteiger partial charge in [-0.25, -0.2) is 9.36 Å². The number of nitrogens with zero attached hydrogens (tertiary/aromatic N) is 4. The number of aromatic nitrogens is 4. The van der Waals surface area contributed by atoms with Crippen LogP contribution >= 0.6 is 11.6 Å². The summed E-state index contributed by atoms with van der Waals surface area (Å²) in [4.78, 5) is 25.5. The molecule has 0 radical (unpaired) electrons. The Morgan fingerprint density at radius 1 is 1.06 bits per heavy atom. The number of benzene rings is 2. The summed E-state index contributed by atoms with van der Waals surface area (Å²) in [7, 11) is 0.